The normalized spacial score (nSPS) is 11.5. The minimum absolute atomic E-state index is 0.0286. The number of nitrogens with one attached hydrogen (secondary N) is 1. The monoisotopic (exact) mass is 309 g/mol. The van der Waals surface area contributed by atoms with Crippen LogP contribution < -0.4 is 10.5 Å². The molecule has 0 saturated heterocycles. The summed E-state index contributed by atoms with van der Waals surface area (Å²) in [7, 11) is -3.78. The Balaban J connectivity index is 2.10. The molecule has 2 aromatic rings. The lowest BCUT2D eigenvalue weighted by Crippen LogP contribution is -2.27. The summed E-state index contributed by atoms with van der Waals surface area (Å²) in [4.78, 5) is 3.78. The van der Waals surface area contributed by atoms with Crippen molar-refractivity contribution in [3.63, 3.8) is 0 Å². The average molecular weight is 309 g/mol. The van der Waals surface area contributed by atoms with E-state index in [4.69, 9.17) is 5.73 Å². The highest BCUT2D eigenvalue weighted by Gasteiger charge is 2.18. The van der Waals surface area contributed by atoms with Gasteiger partial charge in [-0.1, -0.05) is 6.07 Å². The van der Waals surface area contributed by atoms with E-state index in [0.29, 0.717) is 12.0 Å². The Kier molecular flexibility index (Phi) is 5.00. The van der Waals surface area contributed by atoms with Gasteiger partial charge in [0.1, 0.15) is 5.82 Å². The van der Waals surface area contributed by atoms with Crippen LogP contribution in [0.25, 0.3) is 0 Å². The molecule has 5 nitrogen and oxygen atoms in total. The molecule has 2 rings (SSSR count). The highest BCUT2D eigenvalue weighted by molar-refractivity contribution is 7.89. The minimum Gasteiger partial charge on any atom is -0.326 e. The third-order valence-electron chi connectivity index (χ3n) is 2.99. The molecule has 1 heterocycles. The summed E-state index contributed by atoms with van der Waals surface area (Å²) in [6.07, 6.45) is 3.81. The number of nitrogens with two attached hydrogens (primary N) is 1. The van der Waals surface area contributed by atoms with Crippen molar-refractivity contribution in [2.75, 3.05) is 6.54 Å². The second-order valence-corrected chi connectivity index (χ2v) is 6.19. The number of sulfonamides is 1. The maximum absolute atomic E-state index is 13.3. The van der Waals surface area contributed by atoms with Crippen LogP contribution in [0.2, 0.25) is 0 Å². The molecule has 7 heteroatoms. The van der Waals surface area contributed by atoms with Crippen LogP contribution in [-0.2, 0) is 23.0 Å². The first-order chi connectivity index (χ1) is 10.0. The molecule has 0 atom stereocenters. The third-order valence-corrected chi connectivity index (χ3v) is 4.54. The van der Waals surface area contributed by atoms with Crippen LogP contribution in [0, 0.1) is 5.82 Å². The van der Waals surface area contributed by atoms with E-state index < -0.39 is 15.8 Å². The van der Waals surface area contributed by atoms with Crippen molar-refractivity contribution in [2.24, 2.45) is 5.73 Å². The van der Waals surface area contributed by atoms with Gasteiger partial charge in [-0.3, -0.25) is 4.98 Å². The lowest BCUT2D eigenvalue weighted by atomic mass is 10.2. The number of hydrogen-bond donors (Lipinski definition) is 2. The summed E-state index contributed by atoms with van der Waals surface area (Å²) in [6.45, 7) is 0.244. The van der Waals surface area contributed by atoms with E-state index in [-0.39, 0.29) is 18.0 Å². The van der Waals surface area contributed by atoms with E-state index in [2.05, 4.69) is 9.71 Å². The zero-order chi connectivity index (χ0) is 15.3. The molecule has 112 valence electrons. The number of rotatable bonds is 6. The van der Waals surface area contributed by atoms with Gasteiger partial charge in [-0.25, -0.2) is 17.5 Å². The molecule has 0 saturated carbocycles. The summed E-state index contributed by atoms with van der Waals surface area (Å²) in [5, 5.41) is 0. The summed E-state index contributed by atoms with van der Waals surface area (Å²) in [6, 6.07) is 7.17. The molecule has 0 aliphatic heterocycles. The van der Waals surface area contributed by atoms with Gasteiger partial charge < -0.3 is 5.73 Å². The van der Waals surface area contributed by atoms with Gasteiger partial charge in [0.15, 0.2) is 0 Å². The minimum atomic E-state index is -3.78. The molecule has 3 N–H and O–H groups in total. The molecule has 0 radical (unpaired) electrons. The molecule has 21 heavy (non-hydrogen) atoms. The largest absolute Gasteiger partial charge is 0.326 e. The number of aromatic nitrogens is 1. The Bertz CT molecular complexity index is 705. The van der Waals surface area contributed by atoms with Crippen molar-refractivity contribution in [3.8, 4) is 0 Å². The van der Waals surface area contributed by atoms with Crippen molar-refractivity contribution in [2.45, 2.75) is 17.9 Å². The van der Waals surface area contributed by atoms with E-state index in [0.717, 1.165) is 11.6 Å². The SMILES string of the molecule is NCc1ccc(F)cc1S(=O)(=O)NCCc1ccncc1. The fraction of sp³-hybridized carbons (Fsp3) is 0.214. The number of nitrogens with zero attached hydrogens (tertiary/aromatic N) is 1. The predicted octanol–water partition coefficient (Wildman–Crippen LogP) is 1.20. The van der Waals surface area contributed by atoms with Crippen LogP contribution >= 0.6 is 0 Å². The van der Waals surface area contributed by atoms with Crippen molar-refractivity contribution in [3.05, 3.63) is 59.7 Å². The van der Waals surface area contributed by atoms with Gasteiger partial charge in [-0.05, 0) is 41.8 Å². The first-order valence-electron chi connectivity index (χ1n) is 6.40. The van der Waals surface area contributed by atoms with Gasteiger partial charge in [0.25, 0.3) is 0 Å². The zero-order valence-corrected chi connectivity index (χ0v) is 12.1. The molecule has 0 aliphatic rings. The fourth-order valence-corrected chi connectivity index (χ4v) is 3.19. The highest BCUT2D eigenvalue weighted by Crippen LogP contribution is 2.16. The van der Waals surface area contributed by atoms with Crippen LogP contribution in [-0.4, -0.2) is 19.9 Å². The standard InChI is InChI=1S/C14H16FN3O2S/c15-13-2-1-12(10-16)14(9-13)21(19,20)18-8-5-11-3-6-17-7-4-11/h1-4,6-7,9,18H,5,8,10,16H2. The van der Waals surface area contributed by atoms with Crippen molar-refractivity contribution < 1.29 is 12.8 Å². The van der Waals surface area contributed by atoms with Crippen LogP contribution in [0.1, 0.15) is 11.1 Å². The van der Waals surface area contributed by atoms with Gasteiger partial charge in [0.05, 0.1) is 4.90 Å². The summed E-state index contributed by atoms with van der Waals surface area (Å²) >= 11 is 0. The van der Waals surface area contributed by atoms with E-state index >= 15 is 0 Å². The summed E-state index contributed by atoms with van der Waals surface area (Å²) in [5.41, 5.74) is 6.84. The number of halogens is 1. The first-order valence-corrected chi connectivity index (χ1v) is 7.88. The molecule has 1 aromatic heterocycles. The Morgan fingerprint density at radius 1 is 1.19 bits per heavy atom. The zero-order valence-electron chi connectivity index (χ0n) is 11.3. The molecule has 0 fully saturated rings. The van der Waals surface area contributed by atoms with Gasteiger partial charge >= 0.3 is 0 Å². The molecule has 0 amide bonds. The van der Waals surface area contributed by atoms with Crippen molar-refractivity contribution >= 4 is 10.0 Å². The van der Waals surface area contributed by atoms with Crippen molar-refractivity contribution in [1.82, 2.24) is 9.71 Å². The average Bonchev–Trinajstić information content (AvgIpc) is 2.48. The second-order valence-electron chi connectivity index (χ2n) is 4.46. The predicted molar refractivity (Wildman–Crippen MR) is 77.4 cm³/mol. The lowest BCUT2D eigenvalue weighted by molar-refractivity contribution is 0.576. The van der Waals surface area contributed by atoms with Gasteiger partial charge in [-0.2, -0.15) is 0 Å². The molecule has 0 bridgehead atoms. The lowest BCUT2D eigenvalue weighted by Gasteiger charge is -2.10. The van der Waals surface area contributed by atoms with Gasteiger partial charge in [0, 0.05) is 25.5 Å². The van der Waals surface area contributed by atoms with Crippen LogP contribution in [0.15, 0.2) is 47.6 Å². The van der Waals surface area contributed by atoms with E-state index in [1.165, 1.54) is 12.1 Å². The van der Waals surface area contributed by atoms with Crippen LogP contribution in [0.4, 0.5) is 4.39 Å². The molecular formula is C14H16FN3O2S. The number of benzene rings is 1. The summed E-state index contributed by atoms with van der Waals surface area (Å²) < 4.78 is 40.1. The summed E-state index contributed by atoms with van der Waals surface area (Å²) in [5.74, 6) is -0.610. The second kappa shape index (κ2) is 6.75. The smallest absolute Gasteiger partial charge is 0.241 e. The van der Waals surface area contributed by atoms with Gasteiger partial charge in [-0.15, -0.1) is 0 Å². The Labute approximate surface area is 123 Å². The van der Waals surface area contributed by atoms with Crippen LogP contribution in [0.5, 0.6) is 0 Å². The Morgan fingerprint density at radius 3 is 2.57 bits per heavy atom. The molecule has 0 aliphatic carbocycles. The number of pyridine rings is 1. The fourth-order valence-electron chi connectivity index (χ4n) is 1.90. The maximum Gasteiger partial charge on any atom is 0.241 e. The van der Waals surface area contributed by atoms with E-state index in [1.807, 2.05) is 12.1 Å². The first kappa shape index (κ1) is 15.6. The quantitative estimate of drug-likeness (QED) is 0.839. The van der Waals surface area contributed by atoms with E-state index in [9.17, 15) is 12.8 Å². The highest BCUT2D eigenvalue weighted by atomic mass is 32.2. The van der Waals surface area contributed by atoms with Crippen molar-refractivity contribution in [1.29, 1.82) is 0 Å². The Morgan fingerprint density at radius 2 is 1.90 bits per heavy atom. The molecule has 1 aromatic carbocycles. The van der Waals surface area contributed by atoms with Crippen LogP contribution in [0.3, 0.4) is 0 Å². The number of hydrogen-bond acceptors (Lipinski definition) is 4. The van der Waals surface area contributed by atoms with E-state index in [1.54, 1.807) is 12.4 Å². The topological polar surface area (TPSA) is 85.1 Å². The molecule has 0 unspecified atom stereocenters. The maximum atomic E-state index is 13.3. The van der Waals surface area contributed by atoms with Gasteiger partial charge in [0.2, 0.25) is 10.0 Å². The molecule has 0 spiro atoms. The molecular weight excluding hydrogens is 293 g/mol. The third kappa shape index (κ3) is 4.07. The Hall–Kier alpha value is -1.83.